The number of fused-ring (bicyclic) bond motifs is 1. The van der Waals surface area contributed by atoms with Crippen LogP contribution >= 0.6 is 0 Å². The normalized spacial score (nSPS) is 13.0. The lowest BCUT2D eigenvalue weighted by atomic mass is 10.1. The lowest BCUT2D eigenvalue weighted by molar-refractivity contribution is 0.0923. The van der Waals surface area contributed by atoms with Gasteiger partial charge in [0.15, 0.2) is 5.82 Å². The van der Waals surface area contributed by atoms with Crippen LogP contribution in [0.1, 0.15) is 42.4 Å². The fourth-order valence-electron chi connectivity index (χ4n) is 2.97. The summed E-state index contributed by atoms with van der Waals surface area (Å²) < 4.78 is 4.95. The minimum absolute atomic E-state index is 0.129. The molecule has 1 aliphatic rings. The molecule has 134 valence electrons. The highest BCUT2D eigenvalue weighted by molar-refractivity contribution is 6.34. The van der Waals surface area contributed by atoms with Gasteiger partial charge in [0, 0.05) is 17.3 Å². The SMILES string of the molecule is Cc1cccc(NC(=O)c2ccc3c(c2)C(=O)N(c2cc(C)on2)C3=O)c1. The summed E-state index contributed by atoms with van der Waals surface area (Å²) in [6.45, 7) is 3.60. The molecule has 0 spiro atoms. The lowest BCUT2D eigenvalue weighted by Gasteiger charge is -2.08. The third kappa shape index (κ3) is 2.89. The van der Waals surface area contributed by atoms with E-state index in [4.69, 9.17) is 4.52 Å². The van der Waals surface area contributed by atoms with E-state index in [0.717, 1.165) is 10.5 Å². The molecular weight excluding hydrogens is 346 g/mol. The number of carbonyl (C=O) groups is 3. The van der Waals surface area contributed by atoms with Crippen molar-refractivity contribution in [3.63, 3.8) is 0 Å². The maximum absolute atomic E-state index is 12.7. The topological polar surface area (TPSA) is 92.5 Å². The molecule has 2 aromatic carbocycles. The van der Waals surface area contributed by atoms with E-state index in [1.165, 1.54) is 24.3 Å². The Bertz CT molecular complexity index is 1100. The number of nitrogens with one attached hydrogen (secondary N) is 1. The van der Waals surface area contributed by atoms with Gasteiger partial charge in [0.25, 0.3) is 17.7 Å². The van der Waals surface area contributed by atoms with Crippen LogP contribution in [0.3, 0.4) is 0 Å². The predicted molar refractivity (Wildman–Crippen MR) is 98.0 cm³/mol. The summed E-state index contributed by atoms with van der Waals surface area (Å²) in [6, 6.07) is 13.3. The lowest BCUT2D eigenvalue weighted by Crippen LogP contribution is -2.29. The first-order valence-corrected chi connectivity index (χ1v) is 8.28. The van der Waals surface area contributed by atoms with Gasteiger partial charge in [-0.1, -0.05) is 17.3 Å². The van der Waals surface area contributed by atoms with Crippen LogP contribution in [0.4, 0.5) is 11.5 Å². The highest BCUT2D eigenvalue weighted by Crippen LogP contribution is 2.29. The molecule has 0 aliphatic carbocycles. The highest BCUT2D eigenvalue weighted by Gasteiger charge is 2.38. The van der Waals surface area contributed by atoms with Crippen LogP contribution in [0.2, 0.25) is 0 Å². The quantitative estimate of drug-likeness (QED) is 0.722. The maximum Gasteiger partial charge on any atom is 0.267 e. The first-order valence-electron chi connectivity index (χ1n) is 8.28. The van der Waals surface area contributed by atoms with Gasteiger partial charge in [-0.15, -0.1) is 0 Å². The molecular formula is C20H15N3O4. The van der Waals surface area contributed by atoms with Crippen molar-refractivity contribution in [3.8, 4) is 0 Å². The van der Waals surface area contributed by atoms with Gasteiger partial charge in [0.1, 0.15) is 5.76 Å². The van der Waals surface area contributed by atoms with Crippen LogP contribution in [-0.2, 0) is 0 Å². The Morgan fingerprint density at radius 3 is 2.48 bits per heavy atom. The predicted octanol–water partition coefficient (Wildman–Crippen LogP) is 3.34. The van der Waals surface area contributed by atoms with Crippen molar-refractivity contribution in [2.75, 3.05) is 10.2 Å². The van der Waals surface area contributed by atoms with E-state index in [1.54, 1.807) is 13.0 Å². The van der Waals surface area contributed by atoms with Crippen LogP contribution in [0.15, 0.2) is 53.1 Å². The Morgan fingerprint density at radius 2 is 1.78 bits per heavy atom. The molecule has 4 rings (SSSR count). The van der Waals surface area contributed by atoms with Gasteiger partial charge >= 0.3 is 0 Å². The number of hydrogen-bond donors (Lipinski definition) is 1. The van der Waals surface area contributed by atoms with Crippen molar-refractivity contribution in [3.05, 3.63) is 76.5 Å². The van der Waals surface area contributed by atoms with Gasteiger partial charge in [-0.2, -0.15) is 0 Å². The van der Waals surface area contributed by atoms with E-state index >= 15 is 0 Å². The fourth-order valence-corrected chi connectivity index (χ4v) is 2.97. The largest absolute Gasteiger partial charge is 0.360 e. The Labute approximate surface area is 154 Å². The third-order valence-corrected chi connectivity index (χ3v) is 4.27. The molecule has 0 unspecified atom stereocenters. The standard InChI is InChI=1S/C20H15N3O4/c1-11-4-3-5-14(8-11)21-18(24)13-6-7-15-16(10-13)20(26)23(19(15)25)17-9-12(2)27-22-17/h3-10H,1-2H3,(H,21,24). The molecule has 0 saturated heterocycles. The number of imide groups is 1. The molecule has 1 aliphatic heterocycles. The summed E-state index contributed by atoms with van der Waals surface area (Å²) >= 11 is 0. The Morgan fingerprint density at radius 1 is 1.00 bits per heavy atom. The zero-order chi connectivity index (χ0) is 19.1. The summed E-state index contributed by atoms with van der Waals surface area (Å²) in [4.78, 5) is 38.7. The van der Waals surface area contributed by atoms with E-state index in [2.05, 4.69) is 10.5 Å². The smallest absolute Gasteiger partial charge is 0.267 e. The summed E-state index contributed by atoms with van der Waals surface area (Å²) in [7, 11) is 0. The fraction of sp³-hybridized carbons (Fsp3) is 0.100. The van der Waals surface area contributed by atoms with Gasteiger partial charge in [-0.25, -0.2) is 4.90 Å². The van der Waals surface area contributed by atoms with Crippen LogP contribution in [-0.4, -0.2) is 22.9 Å². The molecule has 1 aromatic heterocycles. The average Bonchev–Trinajstić information content (AvgIpc) is 3.16. The van der Waals surface area contributed by atoms with Gasteiger partial charge < -0.3 is 9.84 Å². The minimum Gasteiger partial charge on any atom is -0.360 e. The van der Waals surface area contributed by atoms with Gasteiger partial charge in [-0.05, 0) is 49.7 Å². The summed E-state index contributed by atoms with van der Waals surface area (Å²) in [6.07, 6.45) is 0. The molecule has 3 aromatic rings. The second kappa shape index (κ2) is 6.21. The monoisotopic (exact) mass is 361 g/mol. The molecule has 27 heavy (non-hydrogen) atoms. The first kappa shape index (κ1) is 16.7. The molecule has 0 radical (unpaired) electrons. The Balaban J connectivity index is 1.63. The average molecular weight is 361 g/mol. The van der Waals surface area contributed by atoms with E-state index in [0.29, 0.717) is 11.4 Å². The van der Waals surface area contributed by atoms with Crippen LogP contribution in [0.25, 0.3) is 0 Å². The van der Waals surface area contributed by atoms with Crippen LogP contribution < -0.4 is 10.2 Å². The number of amides is 3. The third-order valence-electron chi connectivity index (χ3n) is 4.27. The Hall–Kier alpha value is -3.74. The molecule has 0 bridgehead atoms. The number of benzene rings is 2. The van der Waals surface area contributed by atoms with Crippen LogP contribution in [0, 0.1) is 13.8 Å². The number of aromatic nitrogens is 1. The second-order valence-electron chi connectivity index (χ2n) is 6.33. The minimum atomic E-state index is -0.534. The summed E-state index contributed by atoms with van der Waals surface area (Å²) in [5.74, 6) is -0.772. The molecule has 3 amide bonds. The molecule has 7 nitrogen and oxygen atoms in total. The van der Waals surface area contributed by atoms with E-state index in [-0.39, 0.29) is 28.4 Å². The van der Waals surface area contributed by atoms with E-state index < -0.39 is 11.8 Å². The maximum atomic E-state index is 12.7. The van der Waals surface area contributed by atoms with E-state index in [9.17, 15) is 14.4 Å². The van der Waals surface area contributed by atoms with Crippen molar-refractivity contribution in [1.29, 1.82) is 0 Å². The number of aryl methyl sites for hydroxylation is 2. The summed E-state index contributed by atoms with van der Waals surface area (Å²) in [5, 5.41) is 6.52. The van der Waals surface area contributed by atoms with Crippen molar-refractivity contribution in [1.82, 2.24) is 5.16 Å². The number of rotatable bonds is 3. The van der Waals surface area contributed by atoms with Crippen LogP contribution in [0.5, 0.6) is 0 Å². The highest BCUT2D eigenvalue weighted by atomic mass is 16.5. The first-order chi connectivity index (χ1) is 12.9. The van der Waals surface area contributed by atoms with Crippen molar-refractivity contribution < 1.29 is 18.9 Å². The zero-order valence-corrected chi connectivity index (χ0v) is 14.6. The molecule has 1 N–H and O–H groups in total. The molecule has 7 heteroatoms. The zero-order valence-electron chi connectivity index (χ0n) is 14.6. The number of anilines is 2. The number of hydrogen-bond acceptors (Lipinski definition) is 5. The Kier molecular flexibility index (Phi) is 3.84. The summed E-state index contributed by atoms with van der Waals surface area (Å²) in [5.41, 5.74) is 2.35. The molecule has 0 atom stereocenters. The van der Waals surface area contributed by atoms with Crippen molar-refractivity contribution in [2.24, 2.45) is 0 Å². The van der Waals surface area contributed by atoms with E-state index in [1.807, 2.05) is 25.1 Å². The van der Waals surface area contributed by atoms with Crippen molar-refractivity contribution in [2.45, 2.75) is 13.8 Å². The molecule has 2 heterocycles. The van der Waals surface area contributed by atoms with Gasteiger partial charge in [0.2, 0.25) is 0 Å². The molecule has 0 saturated carbocycles. The second-order valence-corrected chi connectivity index (χ2v) is 6.33. The molecule has 0 fully saturated rings. The van der Waals surface area contributed by atoms with Gasteiger partial charge in [-0.3, -0.25) is 14.4 Å². The van der Waals surface area contributed by atoms with Crippen molar-refractivity contribution >= 4 is 29.2 Å². The van der Waals surface area contributed by atoms with Gasteiger partial charge in [0.05, 0.1) is 11.1 Å². The number of nitrogens with zero attached hydrogens (tertiary/aromatic N) is 2. The number of carbonyl (C=O) groups excluding carboxylic acids is 3.